The highest BCUT2D eigenvalue weighted by molar-refractivity contribution is 6.02. The number of rotatable bonds is 8. The summed E-state index contributed by atoms with van der Waals surface area (Å²) in [5, 5.41) is 8.38. The largest absolute Gasteiger partial charge is 0.457 e. The highest BCUT2D eigenvalue weighted by Gasteiger charge is 2.42. The van der Waals surface area contributed by atoms with Gasteiger partial charge in [-0.25, -0.2) is 19.6 Å². The summed E-state index contributed by atoms with van der Waals surface area (Å²) in [6, 6.07) is 25.0. The van der Waals surface area contributed by atoms with Crippen molar-refractivity contribution in [2.24, 2.45) is 4.99 Å². The van der Waals surface area contributed by atoms with E-state index in [1.807, 2.05) is 66.4 Å². The second kappa shape index (κ2) is 15.1. The molecule has 15 heteroatoms. The molecular weight excluding hydrogens is 735 g/mol. The molecule has 4 saturated heterocycles. The fourth-order valence-electron chi connectivity index (χ4n) is 9.02. The van der Waals surface area contributed by atoms with Gasteiger partial charge in [0.25, 0.3) is 0 Å². The van der Waals surface area contributed by atoms with Gasteiger partial charge in [-0.2, -0.15) is 5.10 Å². The summed E-state index contributed by atoms with van der Waals surface area (Å²) in [4.78, 5) is 47.8. The van der Waals surface area contributed by atoms with Crippen LogP contribution in [0.5, 0.6) is 11.5 Å². The number of imide groups is 1. The Morgan fingerprint density at radius 3 is 2.38 bits per heavy atom. The van der Waals surface area contributed by atoms with Crippen LogP contribution in [-0.4, -0.2) is 116 Å². The van der Waals surface area contributed by atoms with E-state index in [9.17, 15) is 9.59 Å². The number of piperidine rings is 2. The van der Waals surface area contributed by atoms with Gasteiger partial charge in [0.05, 0.1) is 23.7 Å². The number of amides is 2. The number of aromatic nitrogens is 4. The molecule has 0 aliphatic carbocycles. The van der Waals surface area contributed by atoms with Crippen molar-refractivity contribution in [3.8, 4) is 22.8 Å². The third kappa shape index (κ3) is 6.92. The highest BCUT2D eigenvalue weighted by atomic mass is 16.5. The van der Waals surface area contributed by atoms with Crippen molar-refractivity contribution < 1.29 is 19.1 Å². The highest BCUT2D eigenvalue weighted by Crippen LogP contribution is 2.37. The number of aliphatic imine (C=N–C) groups is 1. The third-order valence-corrected chi connectivity index (χ3v) is 12.5. The molecule has 0 radical (unpaired) electrons. The molecule has 4 fully saturated rings. The molecule has 3 N–H and O–H groups in total. The van der Waals surface area contributed by atoms with E-state index in [1.54, 1.807) is 0 Å². The average Bonchev–Trinajstić information content (AvgIpc) is 3.59. The van der Waals surface area contributed by atoms with Crippen LogP contribution in [0.1, 0.15) is 44.2 Å². The molecular formula is C43H47N11O4. The van der Waals surface area contributed by atoms with Gasteiger partial charge in [0.2, 0.25) is 11.8 Å². The Bertz CT molecular complexity index is 2370. The molecule has 0 saturated carbocycles. The fourth-order valence-corrected chi connectivity index (χ4v) is 9.02. The normalized spacial score (nSPS) is 22.4. The number of amidine groups is 1. The zero-order chi connectivity index (χ0) is 39.3. The predicted octanol–water partition coefficient (Wildman–Crippen LogP) is 4.72. The number of nitrogens with one attached hydrogen (secondary N) is 1. The van der Waals surface area contributed by atoms with Crippen LogP contribution in [0.3, 0.4) is 0 Å². The van der Waals surface area contributed by atoms with E-state index in [-0.39, 0.29) is 24.6 Å². The smallest absolute Gasteiger partial charge is 0.249 e. The van der Waals surface area contributed by atoms with Crippen molar-refractivity contribution in [3.05, 3.63) is 84.7 Å². The van der Waals surface area contributed by atoms with E-state index in [4.69, 9.17) is 25.3 Å². The number of likely N-dealkylation sites (tertiary alicyclic amines) is 2. The topological polar surface area (TPSA) is 160 Å². The summed E-state index contributed by atoms with van der Waals surface area (Å²) in [5.41, 5.74) is 12.0. The lowest BCUT2D eigenvalue weighted by molar-refractivity contribution is -0.137. The maximum atomic E-state index is 12.6. The summed E-state index contributed by atoms with van der Waals surface area (Å²) < 4.78 is 14.1. The van der Waals surface area contributed by atoms with Gasteiger partial charge in [0.1, 0.15) is 47.9 Å². The summed E-state index contributed by atoms with van der Waals surface area (Å²) in [6.07, 6.45) is 4.29. The molecule has 58 heavy (non-hydrogen) atoms. The van der Waals surface area contributed by atoms with Crippen molar-refractivity contribution in [1.29, 1.82) is 0 Å². The quantitative estimate of drug-likeness (QED) is 0.209. The number of hydrogen-bond donors (Lipinski definition) is 2. The molecule has 5 aliphatic heterocycles. The first-order chi connectivity index (χ1) is 28.3. The molecule has 10 rings (SSSR count). The van der Waals surface area contributed by atoms with Gasteiger partial charge in [-0.05, 0) is 74.7 Å². The summed E-state index contributed by atoms with van der Waals surface area (Å²) >= 11 is 0. The molecule has 0 spiro atoms. The Morgan fingerprint density at radius 2 is 1.60 bits per heavy atom. The molecule has 5 aliphatic rings. The maximum absolute atomic E-state index is 12.6. The third-order valence-electron chi connectivity index (χ3n) is 12.5. The lowest BCUT2D eigenvalue weighted by Gasteiger charge is -2.55. The Kier molecular flexibility index (Phi) is 9.50. The molecule has 7 heterocycles. The molecule has 1 unspecified atom stereocenters. The monoisotopic (exact) mass is 781 g/mol. The van der Waals surface area contributed by atoms with Gasteiger partial charge in [-0.3, -0.25) is 24.7 Å². The number of carbonyl (C=O) groups is 2. The number of nitrogens with zero attached hydrogens (tertiary/aromatic N) is 9. The standard InChI is InChI=1S/C43H47N11O4/c1-27-47-36-19-31(10-7-29(36)24-57-26-53(27)37-13-14-38(55)48-43(37)56)51-22-33(23-51)52-20-32(21-52)50-17-15-30(16-18-50)54-42-39(41(44)45-25-46-42)40(49-54)28-8-11-35(12-9-28)58-34-5-3-2-4-6-34/h2-12,19,25,30,32-33,37H,13-18,20-24,26H2,1H3,(H2,44,45,46)(H,48,55,56)/b47-27-. The predicted molar refractivity (Wildman–Crippen MR) is 220 cm³/mol. The zero-order valence-electron chi connectivity index (χ0n) is 32.5. The number of hydrogen-bond acceptors (Lipinski definition) is 13. The van der Waals surface area contributed by atoms with Crippen LogP contribution in [0.4, 0.5) is 17.2 Å². The minimum absolute atomic E-state index is 0.226. The van der Waals surface area contributed by atoms with Gasteiger partial charge in [-0.1, -0.05) is 24.3 Å². The van der Waals surface area contributed by atoms with Gasteiger partial charge in [0.15, 0.2) is 5.65 Å². The lowest BCUT2D eigenvalue weighted by atomic mass is 9.95. The molecule has 2 aromatic heterocycles. The van der Waals surface area contributed by atoms with Crippen LogP contribution < -0.4 is 20.7 Å². The van der Waals surface area contributed by atoms with E-state index < -0.39 is 6.04 Å². The second-order valence-corrected chi connectivity index (χ2v) is 16.0. The number of nitrogens with two attached hydrogens (primary N) is 1. The number of ether oxygens (including phenoxy) is 2. The van der Waals surface area contributed by atoms with Gasteiger partial charge in [-0.15, -0.1) is 0 Å². The van der Waals surface area contributed by atoms with Crippen molar-refractivity contribution >= 4 is 45.9 Å². The van der Waals surface area contributed by atoms with E-state index in [2.05, 4.69) is 52.9 Å². The van der Waals surface area contributed by atoms with Crippen LogP contribution >= 0.6 is 0 Å². The average molecular weight is 782 g/mol. The van der Waals surface area contributed by atoms with Gasteiger partial charge >= 0.3 is 0 Å². The number of carbonyl (C=O) groups excluding carboxylic acids is 2. The summed E-state index contributed by atoms with van der Waals surface area (Å²) in [5.74, 6) is 2.17. The van der Waals surface area contributed by atoms with Gasteiger partial charge in [0, 0.05) is 74.6 Å². The molecule has 5 aromatic rings. The number of benzene rings is 3. The zero-order valence-corrected chi connectivity index (χ0v) is 32.5. The first kappa shape index (κ1) is 36.4. The Labute approximate surface area is 336 Å². The van der Waals surface area contributed by atoms with E-state index in [0.717, 1.165) is 103 Å². The number of fused-ring (bicyclic) bond motifs is 2. The van der Waals surface area contributed by atoms with E-state index >= 15 is 0 Å². The lowest BCUT2D eigenvalue weighted by Crippen LogP contribution is -2.70. The second-order valence-electron chi connectivity index (χ2n) is 16.0. The molecule has 2 amide bonds. The van der Waals surface area contributed by atoms with Crippen LogP contribution in [0.15, 0.2) is 84.1 Å². The Hall–Kier alpha value is -5.90. The minimum atomic E-state index is -0.467. The SMILES string of the molecule is C/C1=N/c2cc(N3CC(N4CC(N5CCC(n6nc(-c7ccc(Oc8ccccc8)cc7)c7c(N)ncnc76)CC5)C4)C3)ccc2COCN1C1CCC(=O)NC1=O. The number of para-hydroxylation sites is 1. The molecule has 298 valence electrons. The van der Waals surface area contributed by atoms with E-state index in [1.165, 1.54) is 6.33 Å². The first-order valence-electron chi connectivity index (χ1n) is 20.3. The summed E-state index contributed by atoms with van der Waals surface area (Å²) in [7, 11) is 0. The Morgan fingerprint density at radius 1 is 0.845 bits per heavy atom. The first-order valence-corrected chi connectivity index (χ1v) is 20.3. The molecule has 15 nitrogen and oxygen atoms in total. The van der Waals surface area contributed by atoms with Crippen molar-refractivity contribution in [2.75, 3.05) is 56.6 Å². The van der Waals surface area contributed by atoms with Crippen molar-refractivity contribution in [2.45, 2.75) is 63.4 Å². The Balaban J connectivity index is 0.738. The van der Waals surface area contributed by atoms with Gasteiger partial charge < -0.3 is 25.0 Å². The van der Waals surface area contributed by atoms with Crippen molar-refractivity contribution in [1.82, 2.24) is 39.8 Å². The number of anilines is 2. The molecule has 1 atom stereocenters. The van der Waals surface area contributed by atoms with Crippen molar-refractivity contribution in [3.63, 3.8) is 0 Å². The fraction of sp³-hybridized carbons (Fsp3) is 0.395. The molecule has 3 aromatic carbocycles. The summed E-state index contributed by atoms with van der Waals surface area (Å²) in [6.45, 7) is 8.75. The van der Waals surface area contributed by atoms with Crippen LogP contribution in [0, 0.1) is 0 Å². The van der Waals surface area contributed by atoms with Crippen LogP contribution in [0.25, 0.3) is 22.3 Å². The van der Waals surface area contributed by atoms with Crippen LogP contribution in [-0.2, 0) is 20.9 Å². The number of nitrogen functional groups attached to an aromatic ring is 1. The van der Waals surface area contributed by atoms with Crippen LogP contribution in [0.2, 0.25) is 0 Å². The minimum Gasteiger partial charge on any atom is -0.457 e. The molecule has 0 bridgehead atoms. The van der Waals surface area contributed by atoms with E-state index in [0.29, 0.717) is 43.2 Å². The maximum Gasteiger partial charge on any atom is 0.249 e.